The molecule has 2 saturated carbocycles. The quantitative estimate of drug-likeness (QED) is 0.676. The molecule has 2 atom stereocenters. The molecule has 118 valence electrons. The van der Waals surface area contributed by atoms with Gasteiger partial charge in [-0.15, -0.1) is 0 Å². The van der Waals surface area contributed by atoms with Crippen LogP contribution >= 0.6 is 0 Å². The van der Waals surface area contributed by atoms with Crippen molar-refractivity contribution in [3.8, 4) is 0 Å². The van der Waals surface area contributed by atoms with Crippen LogP contribution in [0.2, 0.25) is 0 Å². The Morgan fingerprint density at radius 2 is 1.80 bits per heavy atom. The Labute approximate surface area is 126 Å². The van der Waals surface area contributed by atoms with Crippen LogP contribution in [0.25, 0.3) is 0 Å². The van der Waals surface area contributed by atoms with Crippen molar-refractivity contribution in [2.75, 3.05) is 19.6 Å². The summed E-state index contributed by atoms with van der Waals surface area (Å²) in [6.45, 7) is 8.10. The van der Waals surface area contributed by atoms with Gasteiger partial charge in [0.05, 0.1) is 0 Å². The van der Waals surface area contributed by atoms with Crippen LogP contribution in [0.5, 0.6) is 0 Å². The Balaban J connectivity index is 2.00. The highest BCUT2D eigenvalue weighted by molar-refractivity contribution is 4.96. The van der Waals surface area contributed by atoms with Gasteiger partial charge >= 0.3 is 0 Å². The molecule has 2 N–H and O–H groups in total. The van der Waals surface area contributed by atoms with Gasteiger partial charge in [-0.1, -0.05) is 39.5 Å². The van der Waals surface area contributed by atoms with E-state index in [0.29, 0.717) is 5.54 Å². The summed E-state index contributed by atoms with van der Waals surface area (Å²) in [7, 11) is 0. The van der Waals surface area contributed by atoms with Crippen LogP contribution in [-0.2, 0) is 0 Å². The molecule has 0 saturated heterocycles. The third-order valence-corrected chi connectivity index (χ3v) is 5.69. The molecule has 2 nitrogen and oxygen atoms in total. The predicted molar refractivity (Wildman–Crippen MR) is 87.9 cm³/mol. The van der Waals surface area contributed by atoms with Crippen LogP contribution in [0.15, 0.2) is 0 Å². The van der Waals surface area contributed by atoms with Gasteiger partial charge < -0.3 is 5.73 Å². The van der Waals surface area contributed by atoms with Crippen LogP contribution < -0.4 is 5.73 Å². The number of nitrogens with two attached hydrogens (primary N) is 1. The van der Waals surface area contributed by atoms with Crippen molar-refractivity contribution in [1.82, 2.24) is 4.90 Å². The lowest BCUT2D eigenvalue weighted by molar-refractivity contribution is 0.0714. The summed E-state index contributed by atoms with van der Waals surface area (Å²) in [5.41, 5.74) is 6.65. The third kappa shape index (κ3) is 4.21. The van der Waals surface area contributed by atoms with Crippen LogP contribution in [0.3, 0.4) is 0 Å². The second kappa shape index (κ2) is 7.79. The van der Waals surface area contributed by atoms with Gasteiger partial charge in [0.15, 0.2) is 0 Å². The maximum absolute atomic E-state index is 6.31. The molecule has 0 bridgehead atoms. The second-order valence-electron chi connectivity index (χ2n) is 7.40. The summed E-state index contributed by atoms with van der Waals surface area (Å²) in [5, 5.41) is 0. The Bertz CT molecular complexity index is 275. The lowest BCUT2D eigenvalue weighted by Crippen LogP contribution is -2.54. The monoisotopic (exact) mass is 280 g/mol. The summed E-state index contributed by atoms with van der Waals surface area (Å²) in [4.78, 5) is 2.80. The fourth-order valence-electron chi connectivity index (χ4n) is 4.21. The first-order valence-corrected chi connectivity index (χ1v) is 9.19. The molecule has 0 radical (unpaired) electrons. The van der Waals surface area contributed by atoms with E-state index in [2.05, 4.69) is 18.7 Å². The molecule has 0 aromatic carbocycles. The number of hydrogen-bond acceptors (Lipinski definition) is 2. The molecule has 2 fully saturated rings. The molecule has 2 aliphatic rings. The van der Waals surface area contributed by atoms with Crippen molar-refractivity contribution >= 4 is 0 Å². The normalized spacial score (nSPS) is 31.5. The van der Waals surface area contributed by atoms with Crippen LogP contribution in [0.1, 0.15) is 78.1 Å². The summed E-state index contributed by atoms with van der Waals surface area (Å²) >= 11 is 0. The summed E-state index contributed by atoms with van der Waals surface area (Å²) in [6, 6.07) is 0. The SMILES string of the molecule is CCCC1CCCC(CN)(N(CCC)CC2CC2)CC1. The maximum atomic E-state index is 6.31. The Kier molecular flexibility index (Phi) is 6.35. The fourth-order valence-corrected chi connectivity index (χ4v) is 4.21. The zero-order valence-corrected chi connectivity index (χ0v) is 13.9. The first-order valence-electron chi connectivity index (χ1n) is 9.19. The van der Waals surface area contributed by atoms with E-state index < -0.39 is 0 Å². The number of nitrogens with zero attached hydrogens (tertiary/aromatic N) is 1. The van der Waals surface area contributed by atoms with Gasteiger partial charge in [0.2, 0.25) is 0 Å². The van der Waals surface area contributed by atoms with Crippen molar-refractivity contribution in [1.29, 1.82) is 0 Å². The lowest BCUT2D eigenvalue weighted by atomic mass is 9.86. The van der Waals surface area contributed by atoms with Crippen LogP contribution in [0, 0.1) is 11.8 Å². The van der Waals surface area contributed by atoms with E-state index in [0.717, 1.165) is 18.4 Å². The van der Waals surface area contributed by atoms with Gasteiger partial charge in [-0.2, -0.15) is 0 Å². The van der Waals surface area contributed by atoms with Crippen LogP contribution in [0.4, 0.5) is 0 Å². The highest BCUT2D eigenvalue weighted by Gasteiger charge is 2.39. The van der Waals surface area contributed by atoms with E-state index in [-0.39, 0.29) is 0 Å². The molecule has 0 amide bonds. The molecule has 0 aromatic heterocycles. The van der Waals surface area contributed by atoms with Crippen molar-refractivity contribution < 1.29 is 0 Å². The molecule has 0 aliphatic heterocycles. The Morgan fingerprint density at radius 1 is 1.00 bits per heavy atom. The lowest BCUT2D eigenvalue weighted by Gasteiger charge is -2.43. The van der Waals surface area contributed by atoms with Crippen molar-refractivity contribution in [2.24, 2.45) is 17.6 Å². The molecular weight excluding hydrogens is 244 g/mol. The maximum Gasteiger partial charge on any atom is 0.0331 e. The van der Waals surface area contributed by atoms with E-state index in [1.807, 2.05) is 0 Å². The van der Waals surface area contributed by atoms with Gasteiger partial charge in [-0.05, 0) is 56.9 Å². The van der Waals surface area contributed by atoms with E-state index in [1.54, 1.807) is 0 Å². The zero-order chi connectivity index (χ0) is 14.4. The van der Waals surface area contributed by atoms with E-state index in [1.165, 1.54) is 77.3 Å². The molecule has 0 aromatic rings. The van der Waals surface area contributed by atoms with Crippen molar-refractivity contribution in [3.63, 3.8) is 0 Å². The minimum Gasteiger partial charge on any atom is -0.329 e. The minimum absolute atomic E-state index is 0.334. The predicted octanol–water partition coefficient (Wildman–Crippen LogP) is 4.19. The van der Waals surface area contributed by atoms with E-state index in [4.69, 9.17) is 5.73 Å². The highest BCUT2D eigenvalue weighted by Crippen LogP contribution is 2.39. The summed E-state index contributed by atoms with van der Waals surface area (Å²) < 4.78 is 0. The van der Waals surface area contributed by atoms with Gasteiger partial charge in [0.1, 0.15) is 0 Å². The summed E-state index contributed by atoms with van der Waals surface area (Å²) in [5.74, 6) is 1.96. The van der Waals surface area contributed by atoms with Crippen molar-refractivity contribution in [2.45, 2.75) is 83.6 Å². The molecule has 20 heavy (non-hydrogen) atoms. The average molecular weight is 280 g/mol. The summed E-state index contributed by atoms with van der Waals surface area (Å²) in [6.07, 6.45) is 13.9. The van der Waals surface area contributed by atoms with Gasteiger partial charge in [0.25, 0.3) is 0 Å². The highest BCUT2D eigenvalue weighted by atomic mass is 15.2. The zero-order valence-electron chi connectivity index (χ0n) is 13.9. The third-order valence-electron chi connectivity index (χ3n) is 5.69. The first-order chi connectivity index (χ1) is 9.74. The minimum atomic E-state index is 0.334. The van der Waals surface area contributed by atoms with E-state index >= 15 is 0 Å². The number of hydrogen-bond donors (Lipinski definition) is 1. The van der Waals surface area contributed by atoms with Gasteiger partial charge in [-0.25, -0.2) is 0 Å². The molecule has 2 rings (SSSR count). The smallest absolute Gasteiger partial charge is 0.0331 e. The van der Waals surface area contributed by atoms with E-state index in [9.17, 15) is 0 Å². The van der Waals surface area contributed by atoms with Gasteiger partial charge in [0, 0.05) is 18.6 Å². The molecule has 2 heteroatoms. The van der Waals surface area contributed by atoms with Gasteiger partial charge in [-0.3, -0.25) is 4.90 Å². The molecular formula is C18H36N2. The van der Waals surface area contributed by atoms with Crippen LogP contribution in [-0.4, -0.2) is 30.1 Å². The molecule has 0 heterocycles. The van der Waals surface area contributed by atoms with Crippen molar-refractivity contribution in [3.05, 3.63) is 0 Å². The average Bonchev–Trinajstić information content (AvgIpc) is 3.26. The Morgan fingerprint density at radius 3 is 2.40 bits per heavy atom. The molecule has 0 spiro atoms. The Hall–Kier alpha value is -0.0800. The fraction of sp³-hybridized carbons (Fsp3) is 1.00. The number of rotatable bonds is 8. The second-order valence-corrected chi connectivity index (χ2v) is 7.40. The molecule has 2 aliphatic carbocycles. The molecule has 2 unspecified atom stereocenters. The first kappa shape index (κ1) is 16.3. The largest absolute Gasteiger partial charge is 0.329 e. The standard InChI is InChI=1S/C18H36N2/c1-3-6-16-7-5-11-18(15-19,12-10-16)20(13-4-2)14-17-8-9-17/h16-17H,3-15,19H2,1-2H3. The topological polar surface area (TPSA) is 29.3 Å².